The zero-order valence-corrected chi connectivity index (χ0v) is 16.3. The van der Waals surface area contributed by atoms with E-state index in [1.54, 1.807) is 30.3 Å². The van der Waals surface area contributed by atoms with Crippen LogP contribution >= 0.6 is 0 Å². The number of allylic oxidation sites excluding steroid dienone is 2. The van der Waals surface area contributed by atoms with Gasteiger partial charge in [-0.05, 0) is 67.5 Å². The Kier molecular flexibility index (Phi) is 3.95. The number of hydrogen-bond donors (Lipinski definition) is 0. The number of aryl methyl sites for hydroxylation is 1. The SMILES string of the molecule is Cc1cccc(OC(=O)c2cccc(N3C(=O)[C@@H]4[C@@H](C3=O)[C@@H]3C=C[C@@H]4C3)c2)c1C. The monoisotopic (exact) mass is 387 g/mol. The van der Waals surface area contributed by atoms with Crippen LogP contribution < -0.4 is 9.64 Å². The Bertz CT molecular complexity index is 1060. The quantitative estimate of drug-likeness (QED) is 0.347. The third-order valence-electron chi connectivity index (χ3n) is 6.57. The molecule has 0 spiro atoms. The Morgan fingerprint density at radius 1 is 0.966 bits per heavy atom. The van der Waals surface area contributed by atoms with Gasteiger partial charge < -0.3 is 4.74 Å². The molecule has 2 aromatic rings. The lowest BCUT2D eigenvalue weighted by atomic mass is 9.85. The number of amides is 2. The Morgan fingerprint density at radius 3 is 2.31 bits per heavy atom. The Morgan fingerprint density at radius 2 is 1.62 bits per heavy atom. The van der Waals surface area contributed by atoms with E-state index in [1.807, 2.05) is 26.0 Å². The summed E-state index contributed by atoms with van der Waals surface area (Å²) in [4.78, 5) is 40.0. The summed E-state index contributed by atoms with van der Waals surface area (Å²) < 4.78 is 5.56. The number of imide groups is 1. The molecule has 29 heavy (non-hydrogen) atoms. The molecule has 1 saturated heterocycles. The Labute approximate surface area is 169 Å². The van der Waals surface area contributed by atoms with E-state index in [2.05, 4.69) is 12.2 Å². The van der Waals surface area contributed by atoms with Crippen LogP contribution in [-0.4, -0.2) is 17.8 Å². The van der Waals surface area contributed by atoms with E-state index in [0.29, 0.717) is 17.0 Å². The highest BCUT2D eigenvalue weighted by Crippen LogP contribution is 2.53. The van der Waals surface area contributed by atoms with Crippen LogP contribution in [0.2, 0.25) is 0 Å². The first kappa shape index (κ1) is 17.9. The number of nitrogens with zero attached hydrogens (tertiary/aromatic N) is 1. The third-order valence-corrected chi connectivity index (χ3v) is 6.57. The first-order chi connectivity index (χ1) is 14.0. The molecule has 5 rings (SSSR count). The van der Waals surface area contributed by atoms with Crippen molar-refractivity contribution in [2.75, 3.05) is 4.90 Å². The van der Waals surface area contributed by atoms with Crippen LogP contribution in [0.1, 0.15) is 27.9 Å². The van der Waals surface area contributed by atoms with Crippen LogP contribution in [0.4, 0.5) is 5.69 Å². The van der Waals surface area contributed by atoms with Crippen molar-refractivity contribution >= 4 is 23.5 Å². The number of rotatable bonds is 3. The first-order valence-electron chi connectivity index (χ1n) is 9.90. The van der Waals surface area contributed by atoms with Crippen LogP contribution in [0.5, 0.6) is 5.75 Å². The number of esters is 1. The van der Waals surface area contributed by atoms with Gasteiger partial charge in [-0.2, -0.15) is 0 Å². The molecular weight excluding hydrogens is 366 g/mol. The molecule has 0 aromatic heterocycles. The van der Waals surface area contributed by atoms with Crippen molar-refractivity contribution < 1.29 is 19.1 Å². The van der Waals surface area contributed by atoms with Gasteiger partial charge in [0, 0.05) is 0 Å². The predicted molar refractivity (Wildman–Crippen MR) is 108 cm³/mol. The summed E-state index contributed by atoms with van der Waals surface area (Å²) in [6.07, 6.45) is 5.03. The third kappa shape index (κ3) is 2.64. The molecule has 5 heteroatoms. The maximum absolute atomic E-state index is 13.0. The van der Waals surface area contributed by atoms with Crippen molar-refractivity contribution in [1.29, 1.82) is 0 Å². The molecule has 2 aromatic carbocycles. The summed E-state index contributed by atoms with van der Waals surface area (Å²) in [5.74, 6) is -0.528. The van der Waals surface area contributed by atoms with E-state index >= 15 is 0 Å². The number of ether oxygens (including phenoxy) is 1. The molecule has 2 aliphatic carbocycles. The molecule has 146 valence electrons. The van der Waals surface area contributed by atoms with Gasteiger partial charge in [-0.25, -0.2) is 9.69 Å². The van der Waals surface area contributed by atoms with Crippen molar-refractivity contribution in [3.8, 4) is 5.75 Å². The maximum Gasteiger partial charge on any atom is 0.343 e. The minimum Gasteiger partial charge on any atom is -0.423 e. The van der Waals surface area contributed by atoms with Crippen molar-refractivity contribution in [2.45, 2.75) is 20.3 Å². The van der Waals surface area contributed by atoms with Crippen LogP contribution in [0, 0.1) is 37.5 Å². The second kappa shape index (κ2) is 6.41. The fourth-order valence-corrected chi connectivity index (χ4v) is 4.92. The van der Waals surface area contributed by atoms with Crippen molar-refractivity contribution in [2.24, 2.45) is 23.7 Å². The zero-order valence-electron chi connectivity index (χ0n) is 16.3. The zero-order chi connectivity index (χ0) is 20.3. The molecule has 1 heterocycles. The number of anilines is 1. The van der Waals surface area contributed by atoms with Crippen LogP contribution in [0.15, 0.2) is 54.6 Å². The fraction of sp³-hybridized carbons (Fsp3) is 0.292. The Hall–Kier alpha value is -3.21. The van der Waals surface area contributed by atoms with Gasteiger partial charge in [0.1, 0.15) is 5.75 Å². The van der Waals surface area contributed by atoms with Gasteiger partial charge in [0.2, 0.25) is 11.8 Å². The smallest absolute Gasteiger partial charge is 0.343 e. The maximum atomic E-state index is 13.0. The number of carbonyl (C=O) groups is 3. The second-order valence-corrected chi connectivity index (χ2v) is 8.15. The topological polar surface area (TPSA) is 63.7 Å². The van der Waals surface area contributed by atoms with Gasteiger partial charge in [0.05, 0.1) is 23.1 Å². The van der Waals surface area contributed by atoms with Crippen molar-refractivity contribution in [1.82, 2.24) is 0 Å². The van der Waals surface area contributed by atoms with E-state index in [9.17, 15) is 14.4 Å². The molecule has 0 N–H and O–H groups in total. The molecule has 2 fully saturated rings. The second-order valence-electron chi connectivity index (χ2n) is 8.15. The van der Waals surface area contributed by atoms with Gasteiger partial charge in [0.15, 0.2) is 0 Å². The molecule has 2 amide bonds. The molecule has 5 nitrogen and oxygen atoms in total. The molecule has 3 aliphatic rings. The minimum atomic E-state index is -0.512. The van der Waals surface area contributed by atoms with Crippen molar-refractivity contribution in [3.05, 3.63) is 71.3 Å². The lowest BCUT2D eigenvalue weighted by molar-refractivity contribution is -0.123. The molecule has 2 bridgehead atoms. The van der Waals surface area contributed by atoms with Crippen LogP contribution in [0.25, 0.3) is 0 Å². The van der Waals surface area contributed by atoms with Gasteiger partial charge in [-0.15, -0.1) is 0 Å². The lowest BCUT2D eigenvalue weighted by Gasteiger charge is -2.18. The van der Waals surface area contributed by atoms with Gasteiger partial charge in [-0.3, -0.25) is 9.59 Å². The average Bonchev–Trinajstić information content (AvgIpc) is 3.39. The molecule has 0 unspecified atom stereocenters. The van der Waals surface area contributed by atoms with E-state index in [0.717, 1.165) is 17.5 Å². The number of benzene rings is 2. The summed E-state index contributed by atoms with van der Waals surface area (Å²) >= 11 is 0. The number of fused-ring (bicyclic) bond motifs is 5. The lowest BCUT2D eigenvalue weighted by Crippen LogP contribution is -2.33. The molecule has 1 saturated carbocycles. The standard InChI is InChI=1S/C24H21NO4/c1-13-5-3-8-19(14(13)2)29-24(28)17-6-4-7-18(12-17)25-22(26)20-15-9-10-16(11-15)21(20)23(25)27/h3-10,12,15-16,20-21H,11H2,1-2H3/t15-,16-,20+,21+/m1/s1. The highest BCUT2D eigenvalue weighted by Gasteiger charge is 2.59. The highest BCUT2D eigenvalue weighted by molar-refractivity contribution is 6.23. The number of carbonyl (C=O) groups excluding carboxylic acids is 3. The normalized spacial score (nSPS) is 26.9. The fourth-order valence-electron chi connectivity index (χ4n) is 4.92. The average molecular weight is 387 g/mol. The summed E-state index contributed by atoms with van der Waals surface area (Å²) in [5, 5.41) is 0. The largest absolute Gasteiger partial charge is 0.423 e. The predicted octanol–water partition coefficient (Wildman–Crippen LogP) is 3.83. The highest BCUT2D eigenvalue weighted by atomic mass is 16.5. The summed E-state index contributed by atoms with van der Waals surface area (Å²) in [6.45, 7) is 3.85. The molecule has 0 radical (unpaired) electrons. The van der Waals surface area contributed by atoms with E-state index < -0.39 is 5.97 Å². The summed E-state index contributed by atoms with van der Waals surface area (Å²) in [7, 11) is 0. The van der Waals surface area contributed by atoms with Gasteiger partial charge in [-0.1, -0.05) is 30.4 Å². The van der Waals surface area contributed by atoms with E-state index in [-0.39, 0.29) is 35.5 Å². The van der Waals surface area contributed by atoms with Crippen LogP contribution in [0.3, 0.4) is 0 Å². The summed E-state index contributed by atoms with van der Waals surface area (Å²) in [5.41, 5.74) is 2.68. The van der Waals surface area contributed by atoms with E-state index in [1.165, 1.54) is 4.90 Å². The van der Waals surface area contributed by atoms with E-state index in [4.69, 9.17) is 4.74 Å². The summed E-state index contributed by atoms with van der Waals surface area (Å²) in [6, 6.07) is 12.1. The van der Waals surface area contributed by atoms with Crippen LogP contribution in [-0.2, 0) is 9.59 Å². The molecule has 1 aliphatic heterocycles. The van der Waals surface area contributed by atoms with Gasteiger partial charge >= 0.3 is 5.97 Å². The first-order valence-corrected chi connectivity index (χ1v) is 9.90. The Balaban J connectivity index is 1.42. The molecular formula is C24H21NO4. The molecule has 4 atom stereocenters. The van der Waals surface area contributed by atoms with Crippen molar-refractivity contribution in [3.63, 3.8) is 0 Å². The number of hydrogen-bond acceptors (Lipinski definition) is 4. The van der Waals surface area contributed by atoms with Gasteiger partial charge in [0.25, 0.3) is 0 Å². The minimum absolute atomic E-state index is 0.156.